The zero-order valence-corrected chi connectivity index (χ0v) is 29.7. The summed E-state index contributed by atoms with van der Waals surface area (Å²) in [5.74, 6) is -2.45. The standard InChI is InChI=1S/C40H49NO10/c1-5-41-21-37(51-36(45)26-9-7-6-8-24(26)16-29(43)22-10-12-23(13-11-22)35(44)50-4)15-14-25(20-42)39-31(37)18-28(33(39)41)38(46)19-30(48-2)27-17-32(39)40(38,47)34(27)49-3/h6-13,25,27-28,30-34,42,46-47H,5,14-21H2,1-4H3/t25-,27-,28+,30+,31?,32?,33?,34+,37-,38+,39+,40+/m1/s1. The van der Waals surface area contributed by atoms with Crippen LogP contribution >= 0.6 is 0 Å². The predicted octanol–water partition coefficient (Wildman–Crippen LogP) is 3.07. The monoisotopic (exact) mass is 703 g/mol. The van der Waals surface area contributed by atoms with Gasteiger partial charge in [0.05, 0.1) is 30.4 Å². The van der Waals surface area contributed by atoms with E-state index >= 15 is 0 Å². The number of aliphatic hydroxyl groups excluding tert-OH is 1. The largest absolute Gasteiger partial charge is 0.465 e. The molecule has 0 aromatic heterocycles. The molecular formula is C40H49NO10. The molecule has 7 bridgehead atoms. The van der Waals surface area contributed by atoms with E-state index in [1.54, 1.807) is 62.8 Å². The van der Waals surface area contributed by atoms with Crippen molar-refractivity contribution in [3.05, 3.63) is 70.8 Å². The average Bonchev–Trinajstić information content (AvgIpc) is 3.57. The van der Waals surface area contributed by atoms with Crippen LogP contribution in [0.25, 0.3) is 0 Å². The molecule has 2 aromatic carbocycles. The van der Waals surface area contributed by atoms with Gasteiger partial charge < -0.3 is 34.3 Å². The molecule has 3 unspecified atom stereocenters. The maximum absolute atomic E-state index is 14.5. The second-order valence-electron chi connectivity index (χ2n) is 15.9. The van der Waals surface area contributed by atoms with Crippen molar-refractivity contribution in [1.82, 2.24) is 4.90 Å². The Morgan fingerprint density at radius 2 is 1.65 bits per heavy atom. The van der Waals surface area contributed by atoms with Crippen molar-refractivity contribution < 1.29 is 48.7 Å². The van der Waals surface area contributed by atoms with Crippen LogP contribution in [-0.2, 0) is 25.4 Å². The van der Waals surface area contributed by atoms with E-state index < -0.39 is 46.2 Å². The number of nitrogens with zero attached hydrogens (tertiary/aromatic N) is 1. The molecule has 8 rings (SSSR count). The Bertz CT molecular complexity index is 1730. The molecule has 6 fully saturated rings. The molecule has 1 heterocycles. The summed E-state index contributed by atoms with van der Waals surface area (Å²) in [5.41, 5.74) is -3.00. The minimum Gasteiger partial charge on any atom is -0.465 e. The molecule has 6 aliphatic rings. The molecule has 2 aromatic rings. The summed E-state index contributed by atoms with van der Waals surface area (Å²) >= 11 is 0. The third kappa shape index (κ3) is 4.42. The Labute approximate surface area is 298 Å². The third-order valence-electron chi connectivity index (χ3n) is 14.6. The minimum atomic E-state index is -1.55. The van der Waals surface area contributed by atoms with E-state index in [4.69, 9.17) is 18.9 Å². The van der Waals surface area contributed by atoms with Gasteiger partial charge in [-0.05, 0) is 61.9 Å². The van der Waals surface area contributed by atoms with E-state index in [1.165, 1.54) is 7.11 Å². The lowest BCUT2D eigenvalue weighted by Gasteiger charge is -2.71. The van der Waals surface area contributed by atoms with Crippen LogP contribution < -0.4 is 0 Å². The van der Waals surface area contributed by atoms with Crippen molar-refractivity contribution in [3.63, 3.8) is 0 Å². The summed E-state index contributed by atoms with van der Waals surface area (Å²) in [5, 5.41) is 37.0. The van der Waals surface area contributed by atoms with Crippen molar-refractivity contribution in [3.8, 4) is 0 Å². The van der Waals surface area contributed by atoms with E-state index in [1.807, 2.05) is 0 Å². The van der Waals surface area contributed by atoms with Crippen molar-refractivity contribution >= 4 is 17.7 Å². The number of ether oxygens (including phenoxy) is 4. The molecule has 11 nitrogen and oxygen atoms in total. The van der Waals surface area contributed by atoms with Gasteiger partial charge in [-0.2, -0.15) is 0 Å². The first-order valence-electron chi connectivity index (χ1n) is 18.4. The number of benzene rings is 2. The first-order chi connectivity index (χ1) is 24.5. The Morgan fingerprint density at radius 3 is 2.31 bits per heavy atom. The first-order valence-corrected chi connectivity index (χ1v) is 18.4. The van der Waals surface area contributed by atoms with Gasteiger partial charge in [0.1, 0.15) is 16.8 Å². The highest BCUT2D eigenvalue weighted by Gasteiger charge is 2.88. The summed E-state index contributed by atoms with van der Waals surface area (Å²) in [6.07, 6.45) is 1.64. The summed E-state index contributed by atoms with van der Waals surface area (Å²) in [6.45, 7) is 3.16. The Balaban J connectivity index is 1.16. The molecule has 1 spiro atoms. The number of ketones is 1. The smallest absolute Gasteiger partial charge is 0.339 e. The fourth-order valence-electron chi connectivity index (χ4n) is 12.8. The lowest BCUT2D eigenvalue weighted by atomic mass is 9.42. The van der Waals surface area contributed by atoms with Gasteiger partial charge in [0.15, 0.2) is 5.78 Å². The Morgan fingerprint density at radius 1 is 0.922 bits per heavy atom. The molecule has 12 atom stereocenters. The van der Waals surface area contributed by atoms with Gasteiger partial charge >= 0.3 is 11.9 Å². The van der Waals surface area contributed by atoms with Crippen molar-refractivity contribution in [1.29, 1.82) is 0 Å². The van der Waals surface area contributed by atoms with Gasteiger partial charge in [-0.25, -0.2) is 9.59 Å². The summed E-state index contributed by atoms with van der Waals surface area (Å²) < 4.78 is 23.6. The van der Waals surface area contributed by atoms with E-state index in [2.05, 4.69) is 11.8 Å². The number of rotatable bonds is 10. The molecule has 3 N–H and O–H groups in total. The summed E-state index contributed by atoms with van der Waals surface area (Å²) in [4.78, 5) is 42.2. The van der Waals surface area contributed by atoms with Crippen LogP contribution in [0.2, 0.25) is 0 Å². The number of esters is 2. The topological polar surface area (TPSA) is 152 Å². The average molecular weight is 704 g/mol. The molecule has 1 aliphatic heterocycles. The van der Waals surface area contributed by atoms with Crippen molar-refractivity contribution in [2.75, 3.05) is 41.0 Å². The van der Waals surface area contributed by atoms with Crippen LogP contribution in [0.15, 0.2) is 48.5 Å². The SMILES string of the molecule is CCN1C[C@]2(OC(=O)c3ccccc3CC(=O)c3ccc(C(=O)OC)cc3)CC[C@H](CO)[C@]34C1[C@H](CC23)[C@@]1(O)C[C@H](OC)[C@H]2CC4[C@]1(O)[C@H]2OC. The number of piperidine rings is 1. The molecule has 5 aliphatic carbocycles. The number of likely N-dealkylation sites (N-methyl/N-ethyl adjacent to an activating group) is 1. The van der Waals surface area contributed by atoms with Gasteiger partial charge in [-0.1, -0.05) is 37.3 Å². The number of methoxy groups -OCH3 is 3. The van der Waals surface area contributed by atoms with Crippen molar-refractivity contribution in [2.45, 2.75) is 80.5 Å². The van der Waals surface area contributed by atoms with Crippen LogP contribution in [0, 0.1) is 35.0 Å². The summed E-state index contributed by atoms with van der Waals surface area (Å²) in [6, 6.07) is 13.1. The zero-order chi connectivity index (χ0) is 36.1. The molecule has 0 amide bonds. The molecule has 0 radical (unpaired) electrons. The number of fused-ring (bicyclic) bond motifs is 2. The first kappa shape index (κ1) is 34.9. The van der Waals surface area contributed by atoms with Crippen LogP contribution in [0.1, 0.15) is 75.7 Å². The zero-order valence-electron chi connectivity index (χ0n) is 29.7. The minimum absolute atomic E-state index is 0.0381. The molecule has 274 valence electrons. The number of likely N-dealkylation sites (tertiary alicyclic amines) is 1. The van der Waals surface area contributed by atoms with Crippen LogP contribution in [0.4, 0.5) is 0 Å². The Hall–Kier alpha value is -3.19. The van der Waals surface area contributed by atoms with Gasteiger partial charge in [-0.3, -0.25) is 9.69 Å². The summed E-state index contributed by atoms with van der Waals surface area (Å²) in [7, 11) is 4.56. The van der Waals surface area contributed by atoms with Gasteiger partial charge in [0, 0.05) is 80.9 Å². The van der Waals surface area contributed by atoms with Gasteiger partial charge in [-0.15, -0.1) is 0 Å². The fourth-order valence-corrected chi connectivity index (χ4v) is 12.8. The second kappa shape index (κ2) is 12.2. The van der Waals surface area contributed by atoms with Crippen LogP contribution in [0.5, 0.6) is 0 Å². The van der Waals surface area contributed by atoms with Crippen LogP contribution in [-0.4, -0.2) is 114 Å². The Kier molecular flexibility index (Phi) is 8.33. The van der Waals surface area contributed by atoms with E-state index in [0.29, 0.717) is 67.4 Å². The molecular weight excluding hydrogens is 654 g/mol. The maximum Gasteiger partial charge on any atom is 0.339 e. The van der Waals surface area contributed by atoms with Gasteiger partial charge in [0.25, 0.3) is 0 Å². The third-order valence-corrected chi connectivity index (χ3v) is 14.6. The molecule has 5 saturated carbocycles. The number of Topliss-reactive ketones (excluding diaryl/α,β-unsaturated/α-hetero) is 1. The quantitative estimate of drug-likeness (QED) is 0.247. The number of hydrogen-bond acceptors (Lipinski definition) is 11. The van der Waals surface area contributed by atoms with Crippen molar-refractivity contribution in [2.24, 2.45) is 35.0 Å². The molecule has 1 saturated heterocycles. The highest BCUT2D eigenvalue weighted by atomic mass is 16.6. The van der Waals surface area contributed by atoms with E-state index in [-0.39, 0.29) is 54.6 Å². The lowest BCUT2D eigenvalue weighted by molar-refractivity contribution is -0.333. The highest BCUT2D eigenvalue weighted by Crippen LogP contribution is 2.80. The number of hydrogen-bond donors (Lipinski definition) is 3. The van der Waals surface area contributed by atoms with Crippen LogP contribution in [0.3, 0.4) is 0 Å². The highest BCUT2D eigenvalue weighted by molar-refractivity contribution is 6.01. The maximum atomic E-state index is 14.5. The molecule has 11 heteroatoms. The lowest BCUT2D eigenvalue weighted by Crippen LogP contribution is -2.82. The van der Waals surface area contributed by atoms with Gasteiger partial charge in [0.2, 0.25) is 0 Å². The van der Waals surface area contributed by atoms with E-state index in [0.717, 1.165) is 0 Å². The number of carbonyl (C=O) groups excluding carboxylic acids is 3. The normalized spacial score (nSPS) is 41.6. The van der Waals surface area contributed by atoms with E-state index in [9.17, 15) is 29.7 Å². The molecule has 51 heavy (non-hydrogen) atoms. The second-order valence-corrected chi connectivity index (χ2v) is 15.9. The predicted molar refractivity (Wildman–Crippen MR) is 183 cm³/mol. The number of carbonyl (C=O) groups is 3. The number of aliphatic hydroxyl groups is 3. The fraction of sp³-hybridized carbons (Fsp3) is 0.625.